The molecule has 0 saturated carbocycles. The van der Waals surface area contributed by atoms with Crippen molar-refractivity contribution in [3.05, 3.63) is 18.8 Å². The van der Waals surface area contributed by atoms with Crippen molar-refractivity contribution in [2.45, 2.75) is 5.92 Å². The Bertz CT molecular complexity index is 116. The zero-order chi connectivity index (χ0) is 7.65. The summed E-state index contributed by atoms with van der Waals surface area (Å²) < 4.78 is 56.0. The molecule has 53 valence electrons. The molecule has 0 aromatic carbocycles. The van der Waals surface area contributed by atoms with Gasteiger partial charge in [0.15, 0.2) is 5.83 Å². The second-order valence-corrected chi connectivity index (χ2v) is 1.24. The molecule has 0 nitrogen and oxygen atoms in total. The molecule has 9 heavy (non-hydrogen) atoms. The first-order valence-corrected chi connectivity index (χ1v) is 1.80. The summed E-state index contributed by atoms with van der Waals surface area (Å²) in [6, 6.07) is 0. The van der Waals surface area contributed by atoms with Crippen LogP contribution in [0.4, 0.5) is 22.0 Å². The Balaban J connectivity index is 4.19. The van der Waals surface area contributed by atoms with Gasteiger partial charge in [-0.3, -0.25) is 0 Å². The van der Waals surface area contributed by atoms with Crippen LogP contribution in [-0.4, -0.2) is 5.92 Å². The van der Waals surface area contributed by atoms with E-state index in [9.17, 15) is 22.0 Å². The molecule has 0 aromatic heterocycles. The van der Waals surface area contributed by atoms with E-state index in [0.29, 0.717) is 0 Å². The number of alkyl halides is 2. The fourth-order valence-corrected chi connectivity index (χ4v) is 0.103. The van der Waals surface area contributed by atoms with Gasteiger partial charge in [-0.1, -0.05) is 6.58 Å². The van der Waals surface area contributed by atoms with Crippen LogP contribution in [0.2, 0.25) is 0 Å². The number of halogens is 5. The molecule has 0 aromatic rings. The van der Waals surface area contributed by atoms with Crippen LogP contribution in [0.5, 0.6) is 0 Å². The molecule has 0 unspecified atom stereocenters. The number of allylic oxidation sites excluding steroid dienone is 1. The Kier molecular flexibility index (Phi) is 2.17. The average molecular weight is 145 g/mol. The maximum absolute atomic E-state index is 11.4. The van der Waals surface area contributed by atoms with Crippen LogP contribution in [0.25, 0.3) is 0 Å². The maximum Gasteiger partial charge on any atom is 0.385 e. The zero-order valence-corrected chi connectivity index (χ0v) is 4.10. The Labute approximate surface area is 48.0 Å². The molecular weight excluding hydrogens is 143 g/mol. The minimum Gasteiger partial charge on any atom is -0.206 e. The van der Waals surface area contributed by atoms with Crippen molar-refractivity contribution in [1.82, 2.24) is 0 Å². The minimum absolute atomic E-state index is 2.03. The lowest BCUT2D eigenvalue weighted by Crippen LogP contribution is -2.20. The number of rotatable bonds is 2. The van der Waals surface area contributed by atoms with Crippen molar-refractivity contribution in [1.29, 1.82) is 0 Å². The zero-order valence-electron chi connectivity index (χ0n) is 4.10. The molecule has 0 N–H and O–H groups in total. The summed E-state index contributed by atoms with van der Waals surface area (Å²) in [4.78, 5) is 0. The Morgan fingerprint density at radius 3 is 1.44 bits per heavy atom. The van der Waals surface area contributed by atoms with Gasteiger partial charge in [-0.15, -0.1) is 0 Å². The molecular formula is C4H2F5. The molecule has 5 heteroatoms. The van der Waals surface area contributed by atoms with E-state index in [0.717, 1.165) is 0 Å². The predicted octanol–water partition coefficient (Wildman–Crippen LogP) is 2.53. The lowest BCUT2D eigenvalue weighted by atomic mass is 10.3. The van der Waals surface area contributed by atoms with Crippen LogP contribution >= 0.6 is 0 Å². The minimum atomic E-state index is -4.78. The lowest BCUT2D eigenvalue weighted by Gasteiger charge is -2.08. The van der Waals surface area contributed by atoms with Gasteiger partial charge in [0.2, 0.25) is 0 Å². The van der Waals surface area contributed by atoms with Crippen molar-refractivity contribution in [2.24, 2.45) is 0 Å². The molecule has 1 radical (unpaired) electrons. The van der Waals surface area contributed by atoms with Crippen LogP contribution in [0, 0.1) is 6.43 Å². The molecule has 0 heterocycles. The molecule has 0 spiro atoms. The number of hydrogen-bond donors (Lipinski definition) is 0. The van der Waals surface area contributed by atoms with E-state index in [1.807, 2.05) is 6.58 Å². The lowest BCUT2D eigenvalue weighted by molar-refractivity contribution is -0.0426. The molecule has 0 aliphatic heterocycles. The van der Waals surface area contributed by atoms with Crippen molar-refractivity contribution in [2.75, 3.05) is 0 Å². The van der Waals surface area contributed by atoms with Gasteiger partial charge in [0.1, 0.15) is 0 Å². The molecule has 0 fully saturated rings. The van der Waals surface area contributed by atoms with Gasteiger partial charge >= 0.3 is 12.3 Å². The van der Waals surface area contributed by atoms with E-state index in [4.69, 9.17) is 0 Å². The van der Waals surface area contributed by atoms with Crippen LogP contribution < -0.4 is 0 Å². The monoisotopic (exact) mass is 145 g/mol. The predicted molar refractivity (Wildman–Crippen MR) is 20.7 cm³/mol. The summed E-state index contributed by atoms with van der Waals surface area (Å²) in [7, 11) is 0. The first kappa shape index (κ1) is 8.39. The Morgan fingerprint density at radius 2 is 1.44 bits per heavy atom. The second kappa shape index (κ2) is 2.33. The summed E-state index contributed by atoms with van der Waals surface area (Å²) in [6.45, 7) is 2.03. The van der Waals surface area contributed by atoms with E-state index in [2.05, 4.69) is 0 Å². The fraction of sp³-hybridized carbons (Fsp3) is 0.250. The van der Waals surface area contributed by atoms with Crippen LogP contribution in [0.3, 0.4) is 0 Å². The molecule has 0 aliphatic rings. The SMILES string of the molecule is C=C(F)C(F)(F)[C](F)F. The summed E-state index contributed by atoms with van der Waals surface area (Å²) in [5.41, 5.74) is 0. The topological polar surface area (TPSA) is 0 Å². The standard InChI is InChI=1S/C4H2F5/c1-2(5)4(8,9)3(6)7/h1H2. The van der Waals surface area contributed by atoms with E-state index < -0.39 is 18.2 Å². The highest BCUT2D eigenvalue weighted by Gasteiger charge is 2.46. The molecule has 0 bridgehead atoms. The maximum atomic E-state index is 11.4. The third-order valence-corrected chi connectivity index (χ3v) is 0.578. The number of hydrogen-bond acceptors (Lipinski definition) is 0. The third-order valence-electron chi connectivity index (χ3n) is 0.578. The molecule has 0 rings (SSSR count). The van der Waals surface area contributed by atoms with Gasteiger partial charge in [0, 0.05) is 0 Å². The largest absolute Gasteiger partial charge is 0.385 e. The Morgan fingerprint density at radius 1 is 1.11 bits per heavy atom. The molecule has 0 aliphatic carbocycles. The highest BCUT2D eigenvalue weighted by molar-refractivity contribution is 5.05. The van der Waals surface area contributed by atoms with Gasteiger partial charge in [0.25, 0.3) is 0 Å². The van der Waals surface area contributed by atoms with Crippen molar-refractivity contribution >= 4 is 0 Å². The van der Waals surface area contributed by atoms with E-state index >= 15 is 0 Å². The first-order chi connectivity index (χ1) is 3.89. The highest BCUT2D eigenvalue weighted by Crippen LogP contribution is 2.35. The summed E-state index contributed by atoms with van der Waals surface area (Å²) in [6.07, 6.45) is -3.28. The van der Waals surface area contributed by atoms with Gasteiger partial charge in [-0.05, 0) is 0 Å². The van der Waals surface area contributed by atoms with Gasteiger partial charge in [0.05, 0.1) is 0 Å². The quantitative estimate of drug-likeness (QED) is 0.523. The summed E-state index contributed by atoms with van der Waals surface area (Å²) >= 11 is 0. The molecule has 0 saturated heterocycles. The Hall–Kier alpha value is -0.610. The van der Waals surface area contributed by atoms with E-state index in [1.54, 1.807) is 0 Å². The second-order valence-electron chi connectivity index (χ2n) is 1.24. The summed E-state index contributed by atoms with van der Waals surface area (Å²) in [5.74, 6) is -7.12. The first-order valence-electron chi connectivity index (χ1n) is 1.80. The fourth-order valence-electron chi connectivity index (χ4n) is 0.103. The van der Waals surface area contributed by atoms with E-state index in [1.165, 1.54) is 0 Å². The third kappa shape index (κ3) is 1.65. The van der Waals surface area contributed by atoms with Crippen LogP contribution in [0.1, 0.15) is 0 Å². The summed E-state index contributed by atoms with van der Waals surface area (Å²) in [5, 5.41) is 0. The van der Waals surface area contributed by atoms with Gasteiger partial charge in [-0.25, -0.2) is 4.39 Å². The van der Waals surface area contributed by atoms with Crippen LogP contribution in [0.15, 0.2) is 12.4 Å². The van der Waals surface area contributed by atoms with Crippen molar-refractivity contribution in [3.63, 3.8) is 0 Å². The highest BCUT2D eigenvalue weighted by atomic mass is 19.3. The molecule has 0 atom stereocenters. The normalized spacial score (nSPS) is 12.2. The molecule has 0 amide bonds. The van der Waals surface area contributed by atoms with Crippen molar-refractivity contribution in [3.8, 4) is 0 Å². The van der Waals surface area contributed by atoms with E-state index in [-0.39, 0.29) is 0 Å². The van der Waals surface area contributed by atoms with Gasteiger partial charge < -0.3 is 0 Å². The smallest absolute Gasteiger partial charge is 0.206 e. The van der Waals surface area contributed by atoms with Crippen LogP contribution in [-0.2, 0) is 0 Å². The van der Waals surface area contributed by atoms with Crippen molar-refractivity contribution < 1.29 is 22.0 Å². The average Bonchev–Trinajstić information content (AvgIpc) is 1.65. The van der Waals surface area contributed by atoms with Gasteiger partial charge in [-0.2, -0.15) is 17.6 Å².